The average molecular weight is 205 g/mol. The second-order valence-electron chi connectivity index (χ2n) is 3.00. The fourth-order valence-corrected chi connectivity index (χ4v) is 1.80. The summed E-state index contributed by atoms with van der Waals surface area (Å²) in [4.78, 5) is 4.20. The highest BCUT2D eigenvalue weighted by Crippen LogP contribution is 2.20. The SMILES string of the molecule is Cc1ccccc1/N=N/C1=NCCS1. The van der Waals surface area contributed by atoms with E-state index in [9.17, 15) is 0 Å². The van der Waals surface area contributed by atoms with E-state index in [1.807, 2.05) is 31.2 Å². The summed E-state index contributed by atoms with van der Waals surface area (Å²) in [6, 6.07) is 7.94. The minimum Gasteiger partial charge on any atom is -0.258 e. The number of amidine groups is 1. The lowest BCUT2D eigenvalue weighted by molar-refractivity contribution is 1.16. The Kier molecular flexibility index (Phi) is 2.93. The van der Waals surface area contributed by atoms with Crippen LogP contribution in [-0.2, 0) is 0 Å². The van der Waals surface area contributed by atoms with E-state index in [2.05, 4.69) is 15.2 Å². The maximum absolute atomic E-state index is 4.20. The lowest BCUT2D eigenvalue weighted by atomic mass is 10.2. The van der Waals surface area contributed by atoms with E-state index in [0.29, 0.717) is 0 Å². The van der Waals surface area contributed by atoms with Gasteiger partial charge in [-0.1, -0.05) is 30.0 Å². The minimum atomic E-state index is 0.799. The Morgan fingerprint density at radius 2 is 2.14 bits per heavy atom. The fraction of sp³-hybridized carbons (Fsp3) is 0.300. The van der Waals surface area contributed by atoms with Gasteiger partial charge in [0.25, 0.3) is 0 Å². The van der Waals surface area contributed by atoms with Crippen molar-refractivity contribution in [3.05, 3.63) is 29.8 Å². The summed E-state index contributed by atoms with van der Waals surface area (Å²) in [5.74, 6) is 1.03. The maximum Gasteiger partial charge on any atom is 0.204 e. The number of rotatable bonds is 1. The molecule has 14 heavy (non-hydrogen) atoms. The molecular weight excluding hydrogens is 194 g/mol. The first-order chi connectivity index (χ1) is 6.86. The number of hydrogen-bond donors (Lipinski definition) is 0. The summed E-state index contributed by atoms with van der Waals surface area (Å²) in [5, 5.41) is 9.05. The number of aryl methyl sites for hydroxylation is 1. The fourth-order valence-electron chi connectivity index (χ4n) is 1.16. The molecule has 1 aromatic carbocycles. The van der Waals surface area contributed by atoms with Crippen molar-refractivity contribution in [2.45, 2.75) is 6.92 Å². The van der Waals surface area contributed by atoms with Gasteiger partial charge in [-0.05, 0) is 18.6 Å². The van der Waals surface area contributed by atoms with Crippen LogP contribution in [0.3, 0.4) is 0 Å². The zero-order valence-corrected chi connectivity index (χ0v) is 8.79. The Morgan fingerprint density at radius 3 is 2.86 bits per heavy atom. The summed E-state index contributed by atoms with van der Waals surface area (Å²) in [5.41, 5.74) is 2.06. The molecule has 3 nitrogen and oxygen atoms in total. The van der Waals surface area contributed by atoms with Gasteiger partial charge in [0.15, 0.2) is 0 Å². The zero-order valence-electron chi connectivity index (χ0n) is 7.97. The molecule has 1 aliphatic rings. The number of hydrogen-bond acceptors (Lipinski definition) is 4. The Bertz CT molecular complexity index is 385. The second-order valence-corrected chi connectivity index (χ2v) is 4.06. The average Bonchev–Trinajstić information content (AvgIpc) is 2.69. The Labute approximate surface area is 87.4 Å². The highest BCUT2D eigenvalue weighted by atomic mass is 32.2. The number of thioether (sulfide) groups is 1. The molecule has 0 radical (unpaired) electrons. The topological polar surface area (TPSA) is 37.1 Å². The van der Waals surface area contributed by atoms with Gasteiger partial charge in [0.1, 0.15) is 0 Å². The van der Waals surface area contributed by atoms with Gasteiger partial charge in [0.2, 0.25) is 5.17 Å². The van der Waals surface area contributed by atoms with Gasteiger partial charge in [-0.25, -0.2) is 0 Å². The molecule has 0 bridgehead atoms. The first kappa shape index (κ1) is 9.40. The smallest absolute Gasteiger partial charge is 0.204 e. The van der Waals surface area contributed by atoms with Crippen molar-refractivity contribution in [2.75, 3.05) is 12.3 Å². The molecule has 0 amide bonds. The molecule has 0 N–H and O–H groups in total. The second kappa shape index (κ2) is 4.37. The molecule has 0 spiro atoms. The summed E-state index contributed by atoms with van der Waals surface area (Å²) in [6.07, 6.45) is 0. The van der Waals surface area contributed by atoms with E-state index < -0.39 is 0 Å². The standard InChI is InChI=1S/C10H11N3S/c1-8-4-2-3-5-9(8)12-13-10-11-6-7-14-10/h2-5H,6-7H2,1H3/b13-12+. The van der Waals surface area contributed by atoms with Crippen LogP contribution in [0.25, 0.3) is 0 Å². The molecule has 0 saturated heterocycles. The number of aliphatic imine (C=N–C) groups is 1. The van der Waals surface area contributed by atoms with Gasteiger partial charge in [0.05, 0.1) is 12.2 Å². The van der Waals surface area contributed by atoms with Gasteiger partial charge in [-0.2, -0.15) is 0 Å². The number of azo groups is 1. The van der Waals surface area contributed by atoms with E-state index in [1.165, 1.54) is 0 Å². The van der Waals surface area contributed by atoms with Gasteiger partial charge < -0.3 is 0 Å². The molecular formula is C10H11N3S. The van der Waals surface area contributed by atoms with Crippen molar-refractivity contribution in [2.24, 2.45) is 15.2 Å². The van der Waals surface area contributed by atoms with Crippen LogP contribution < -0.4 is 0 Å². The van der Waals surface area contributed by atoms with Crippen LogP contribution >= 0.6 is 11.8 Å². The predicted octanol–water partition coefficient (Wildman–Crippen LogP) is 3.18. The van der Waals surface area contributed by atoms with Crippen molar-refractivity contribution < 1.29 is 0 Å². The van der Waals surface area contributed by atoms with Crippen molar-refractivity contribution in [1.29, 1.82) is 0 Å². The Morgan fingerprint density at radius 1 is 1.29 bits per heavy atom. The van der Waals surface area contributed by atoms with E-state index in [4.69, 9.17) is 0 Å². The van der Waals surface area contributed by atoms with Crippen molar-refractivity contribution in [3.8, 4) is 0 Å². The maximum atomic E-state index is 4.20. The van der Waals surface area contributed by atoms with E-state index in [-0.39, 0.29) is 0 Å². The molecule has 2 rings (SSSR count). The molecule has 0 atom stereocenters. The third-order valence-corrected chi connectivity index (χ3v) is 2.78. The van der Waals surface area contributed by atoms with Crippen molar-refractivity contribution in [1.82, 2.24) is 0 Å². The van der Waals surface area contributed by atoms with Crippen LogP contribution in [0, 0.1) is 6.92 Å². The van der Waals surface area contributed by atoms with Crippen LogP contribution in [0.4, 0.5) is 5.69 Å². The van der Waals surface area contributed by atoms with Gasteiger partial charge in [-0.3, -0.25) is 4.99 Å². The van der Waals surface area contributed by atoms with Crippen LogP contribution in [0.5, 0.6) is 0 Å². The molecule has 1 aromatic rings. The molecule has 0 fully saturated rings. The molecule has 0 aromatic heterocycles. The molecule has 4 heteroatoms. The number of benzene rings is 1. The summed E-state index contributed by atoms with van der Waals surface area (Å²) >= 11 is 1.66. The third-order valence-electron chi connectivity index (χ3n) is 1.93. The van der Waals surface area contributed by atoms with Crippen molar-refractivity contribution >= 4 is 22.6 Å². The highest BCUT2D eigenvalue weighted by Gasteiger charge is 2.04. The van der Waals surface area contributed by atoms with Crippen LogP contribution in [-0.4, -0.2) is 17.5 Å². The molecule has 1 aliphatic heterocycles. The van der Waals surface area contributed by atoms with Gasteiger partial charge in [0, 0.05) is 5.75 Å². The minimum absolute atomic E-state index is 0.799. The lowest BCUT2D eigenvalue weighted by Crippen LogP contribution is -1.78. The van der Waals surface area contributed by atoms with E-state index in [1.54, 1.807) is 11.8 Å². The zero-order chi connectivity index (χ0) is 9.80. The summed E-state index contributed by atoms with van der Waals surface area (Å²) in [7, 11) is 0. The van der Waals surface area contributed by atoms with Gasteiger partial charge in [-0.15, -0.1) is 10.2 Å². The van der Waals surface area contributed by atoms with Gasteiger partial charge >= 0.3 is 0 Å². The van der Waals surface area contributed by atoms with E-state index >= 15 is 0 Å². The monoisotopic (exact) mass is 205 g/mol. The Balaban J connectivity index is 2.13. The predicted molar refractivity (Wildman–Crippen MR) is 60.5 cm³/mol. The largest absolute Gasteiger partial charge is 0.258 e. The molecule has 1 heterocycles. The van der Waals surface area contributed by atoms with Crippen LogP contribution in [0.1, 0.15) is 5.56 Å². The van der Waals surface area contributed by atoms with Crippen LogP contribution in [0.2, 0.25) is 0 Å². The quantitative estimate of drug-likeness (QED) is 0.649. The Hall–Kier alpha value is -1.16. The lowest BCUT2D eigenvalue weighted by Gasteiger charge is -1.95. The van der Waals surface area contributed by atoms with E-state index in [0.717, 1.165) is 28.7 Å². The summed E-state index contributed by atoms with van der Waals surface area (Å²) < 4.78 is 0. The first-order valence-corrected chi connectivity index (χ1v) is 5.49. The number of nitrogens with zero attached hydrogens (tertiary/aromatic N) is 3. The van der Waals surface area contributed by atoms with Crippen LogP contribution in [0.15, 0.2) is 39.5 Å². The third kappa shape index (κ3) is 2.20. The first-order valence-electron chi connectivity index (χ1n) is 4.51. The highest BCUT2D eigenvalue weighted by molar-refractivity contribution is 8.14. The normalized spacial score (nSPS) is 16.2. The molecule has 0 aliphatic carbocycles. The molecule has 0 saturated carbocycles. The summed E-state index contributed by atoms with van der Waals surface area (Å²) in [6.45, 7) is 2.89. The van der Waals surface area contributed by atoms with Crippen molar-refractivity contribution in [3.63, 3.8) is 0 Å². The molecule has 72 valence electrons. The molecule has 0 unspecified atom stereocenters.